The van der Waals surface area contributed by atoms with E-state index in [-0.39, 0.29) is 18.9 Å². The smallest absolute Gasteiger partial charge is 0.262 e. The van der Waals surface area contributed by atoms with E-state index in [1.54, 1.807) is 18.2 Å². The van der Waals surface area contributed by atoms with Crippen LogP contribution >= 0.6 is 11.6 Å². The molecule has 0 spiro atoms. The largest absolute Gasteiger partial charge is 0.454 e. The van der Waals surface area contributed by atoms with Crippen LogP contribution in [0, 0.1) is 5.82 Å². The van der Waals surface area contributed by atoms with E-state index in [0.717, 1.165) is 11.1 Å². The molecule has 3 aromatic rings. The van der Waals surface area contributed by atoms with Crippen molar-refractivity contribution in [2.24, 2.45) is 5.10 Å². The van der Waals surface area contributed by atoms with Gasteiger partial charge in [0, 0.05) is 24.1 Å². The highest BCUT2D eigenvalue weighted by molar-refractivity contribution is 6.34. The zero-order valence-electron chi connectivity index (χ0n) is 18.8. The summed E-state index contributed by atoms with van der Waals surface area (Å²) in [5.41, 5.74) is 2.08. The Morgan fingerprint density at radius 2 is 1.83 bits per heavy atom. The van der Waals surface area contributed by atoms with Crippen LogP contribution in [0.15, 0.2) is 71.8 Å². The Morgan fingerprint density at radius 3 is 2.63 bits per heavy atom. The van der Waals surface area contributed by atoms with Gasteiger partial charge in [0.25, 0.3) is 11.8 Å². The first-order valence-corrected chi connectivity index (χ1v) is 11.3. The third-order valence-electron chi connectivity index (χ3n) is 5.96. The van der Waals surface area contributed by atoms with Crippen LogP contribution in [0.2, 0.25) is 5.02 Å². The van der Waals surface area contributed by atoms with Crippen molar-refractivity contribution >= 4 is 29.1 Å². The minimum Gasteiger partial charge on any atom is -0.454 e. The second kappa shape index (κ2) is 9.38. The number of benzene rings is 3. The molecule has 0 saturated carbocycles. The number of amides is 2. The average Bonchev–Trinajstić information content (AvgIpc) is 3.51. The van der Waals surface area contributed by atoms with E-state index >= 15 is 0 Å². The molecule has 0 fully saturated rings. The lowest BCUT2D eigenvalue weighted by atomic mass is 9.98. The molecule has 0 bridgehead atoms. The summed E-state index contributed by atoms with van der Waals surface area (Å²) in [6, 6.07) is 18.0. The molecular weight excluding hydrogens is 473 g/mol. The van der Waals surface area contributed by atoms with Gasteiger partial charge in [-0.25, -0.2) is 9.40 Å². The summed E-state index contributed by atoms with van der Waals surface area (Å²) in [4.78, 5) is 27.3. The number of hydrogen-bond acceptors (Lipinski definition) is 5. The molecule has 0 saturated heterocycles. The first-order valence-electron chi connectivity index (χ1n) is 11.0. The quantitative estimate of drug-likeness (QED) is 0.518. The summed E-state index contributed by atoms with van der Waals surface area (Å²) >= 11 is 6.40. The highest BCUT2D eigenvalue weighted by Gasteiger charge is 2.35. The normalized spacial score (nSPS) is 16.3. The monoisotopic (exact) mass is 493 g/mol. The summed E-state index contributed by atoms with van der Waals surface area (Å²) in [6.45, 7) is -0.149. The lowest BCUT2D eigenvalue weighted by Gasteiger charge is -2.25. The van der Waals surface area contributed by atoms with Crippen molar-refractivity contribution in [2.75, 3.05) is 20.4 Å². The molecule has 7 nitrogen and oxygen atoms in total. The molecule has 2 aliphatic heterocycles. The number of hydrogen-bond donors (Lipinski definition) is 0. The molecule has 0 unspecified atom stereocenters. The Balaban J connectivity index is 1.44. The van der Waals surface area contributed by atoms with Crippen molar-refractivity contribution in [2.45, 2.75) is 12.5 Å². The molecule has 5 rings (SSSR count). The van der Waals surface area contributed by atoms with Gasteiger partial charge in [-0.05, 0) is 35.9 Å². The van der Waals surface area contributed by atoms with E-state index in [1.807, 2.05) is 30.3 Å². The first-order chi connectivity index (χ1) is 16.9. The van der Waals surface area contributed by atoms with Crippen LogP contribution in [-0.4, -0.2) is 47.8 Å². The fourth-order valence-corrected chi connectivity index (χ4v) is 4.41. The SMILES string of the molecule is CN(CC(=O)N1N=C(c2ccccc2Cl)C[C@@H]1c1ccc2c(c1)OCO2)C(=O)c1ccccc1F. The minimum absolute atomic E-state index is 0.100. The van der Waals surface area contributed by atoms with Gasteiger partial charge in [0.05, 0.1) is 17.3 Å². The maximum Gasteiger partial charge on any atom is 0.262 e. The number of halogens is 2. The summed E-state index contributed by atoms with van der Waals surface area (Å²) in [5, 5.41) is 6.49. The molecule has 2 heterocycles. The van der Waals surface area contributed by atoms with Crippen LogP contribution < -0.4 is 9.47 Å². The van der Waals surface area contributed by atoms with E-state index in [9.17, 15) is 14.0 Å². The number of hydrazone groups is 1. The number of likely N-dealkylation sites (N-methyl/N-ethyl adjacent to an activating group) is 1. The van der Waals surface area contributed by atoms with Gasteiger partial charge >= 0.3 is 0 Å². The number of rotatable bonds is 5. The van der Waals surface area contributed by atoms with Crippen molar-refractivity contribution in [3.63, 3.8) is 0 Å². The number of carbonyl (C=O) groups is 2. The van der Waals surface area contributed by atoms with Crippen LogP contribution in [0.1, 0.15) is 33.9 Å². The zero-order valence-corrected chi connectivity index (χ0v) is 19.5. The molecule has 1 atom stereocenters. The Morgan fingerprint density at radius 1 is 1.09 bits per heavy atom. The second-order valence-electron chi connectivity index (χ2n) is 8.24. The van der Waals surface area contributed by atoms with Crippen molar-refractivity contribution in [1.29, 1.82) is 0 Å². The molecule has 35 heavy (non-hydrogen) atoms. The molecule has 0 N–H and O–H groups in total. The van der Waals surface area contributed by atoms with E-state index in [4.69, 9.17) is 21.1 Å². The summed E-state index contributed by atoms with van der Waals surface area (Å²) in [7, 11) is 1.46. The maximum atomic E-state index is 14.1. The number of fused-ring (bicyclic) bond motifs is 1. The van der Waals surface area contributed by atoms with Crippen LogP contribution in [0.3, 0.4) is 0 Å². The number of nitrogens with zero attached hydrogens (tertiary/aromatic N) is 3. The fourth-order valence-electron chi connectivity index (χ4n) is 4.17. The van der Waals surface area contributed by atoms with E-state index in [2.05, 4.69) is 5.10 Å². The lowest BCUT2D eigenvalue weighted by Crippen LogP contribution is -2.39. The maximum absolute atomic E-state index is 14.1. The van der Waals surface area contributed by atoms with Crippen molar-refractivity contribution in [3.8, 4) is 11.5 Å². The molecule has 3 aromatic carbocycles. The van der Waals surface area contributed by atoms with Gasteiger partial charge in [0.1, 0.15) is 12.4 Å². The van der Waals surface area contributed by atoms with E-state index < -0.39 is 23.7 Å². The zero-order chi connectivity index (χ0) is 24.5. The van der Waals surface area contributed by atoms with Gasteiger partial charge in [-0.3, -0.25) is 9.59 Å². The number of carbonyl (C=O) groups excluding carboxylic acids is 2. The van der Waals surface area contributed by atoms with Gasteiger partial charge in [-0.2, -0.15) is 5.10 Å². The lowest BCUT2D eigenvalue weighted by molar-refractivity contribution is -0.133. The minimum atomic E-state index is -0.643. The van der Waals surface area contributed by atoms with Crippen LogP contribution in [-0.2, 0) is 4.79 Å². The third kappa shape index (κ3) is 4.44. The predicted molar refractivity (Wildman–Crippen MR) is 128 cm³/mol. The van der Waals surface area contributed by atoms with Crippen LogP contribution in [0.5, 0.6) is 11.5 Å². The van der Waals surface area contributed by atoms with E-state index in [0.29, 0.717) is 28.7 Å². The molecule has 2 aliphatic rings. The molecule has 9 heteroatoms. The molecule has 178 valence electrons. The van der Waals surface area contributed by atoms with Gasteiger partial charge in [-0.15, -0.1) is 0 Å². The van der Waals surface area contributed by atoms with Gasteiger partial charge in [0.2, 0.25) is 6.79 Å². The molecule has 0 aromatic heterocycles. The molecular formula is C26H21ClFN3O4. The van der Waals surface area contributed by atoms with Crippen LogP contribution in [0.4, 0.5) is 4.39 Å². The highest BCUT2D eigenvalue weighted by atomic mass is 35.5. The highest BCUT2D eigenvalue weighted by Crippen LogP contribution is 2.39. The predicted octanol–water partition coefficient (Wildman–Crippen LogP) is 4.66. The van der Waals surface area contributed by atoms with Gasteiger partial charge < -0.3 is 14.4 Å². The Bertz CT molecular complexity index is 1350. The first kappa shape index (κ1) is 22.9. The molecule has 0 radical (unpaired) electrons. The van der Waals surface area contributed by atoms with Gasteiger partial charge in [-0.1, -0.05) is 48.0 Å². The molecule has 0 aliphatic carbocycles. The molecule has 2 amide bonds. The summed E-state index contributed by atoms with van der Waals surface area (Å²) in [6.07, 6.45) is 0.417. The third-order valence-corrected chi connectivity index (χ3v) is 6.29. The Hall–Kier alpha value is -3.91. The van der Waals surface area contributed by atoms with Crippen LogP contribution in [0.25, 0.3) is 0 Å². The Kier molecular flexibility index (Phi) is 6.13. The topological polar surface area (TPSA) is 71.4 Å². The van der Waals surface area contributed by atoms with Gasteiger partial charge in [0.15, 0.2) is 11.5 Å². The second-order valence-corrected chi connectivity index (χ2v) is 8.65. The fraction of sp³-hybridized carbons (Fsp3) is 0.192. The van der Waals surface area contributed by atoms with Crippen molar-refractivity contribution in [3.05, 3.63) is 94.3 Å². The van der Waals surface area contributed by atoms with E-state index in [1.165, 1.54) is 35.2 Å². The Labute approximate surface area is 206 Å². The average molecular weight is 494 g/mol. The number of ether oxygens (including phenoxy) is 2. The summed E-state index contributed by atoms with van der Waals surface area (Å²) in [5.74, 6) is -0.428. The summed E-state index contributed by atoms with van der Waals surface area (Å²) < 4.78 is 25.0. The standard InChI is InChI=1S/C26H21ClFN3O4/c1-30(26(33)18-7-3-5-9-20(18)28)14-25(32)31-22(16-10-11-23-24(12-16)35-15-34-23)13-21(29-31)17-6-2-4-8-19(17)27/h2-12,22H,13-15H2,1H3/t22-/m1/s1. The van der Waals surface area contributed by atoms with Crippen molar-refractivity contribution in [1.82, 2.24) is 9.91 Å². The van der Waals surface area contributed by atoms with Crippen molar-refractivity contribution < 1.29 is 23.5 Å².